The van der Waals surface area contributed by atoms with Crippen LogP contribution in [0.3, 0.4) is 0 Å². The number of benzene rings is 1. The lowest BCUT2D eigenvalue weighted by atomic mass is 9.98. The van der Waals surface area contributed by atoms with Crippen molar-refractivity contribution in [2.45, 2.75) is 12.8 Å². The third kappa shape index (κ3) is 3.70. The lowest BCUT2D eigenvalue weighted by Crippen LogP contribution is -2.35. The number of piperidine rings is 1. The molecule has 5 heteroatoms. The van der Waals surface area contributed by atoms with Gasteiger partial charge >= 0.3 is 0 Å². The van der Waals surface area contributed by atoms with Crippen molar-refractivity contribution in [3.63, 3.8) is 0 Å². The Morgan fingerprint density at radius 1 is 1.30 bits per heavy atom. The predicted molar refractivity (Wildman–Crippen MR) is 83.3 cm³/mol. The number of likely N-dealkylation sites (tertiary alicyclic amines) is 1. The van der Waals surface area contributed by atoms with Gasteiger partial charge in [0.25, 0.3) is 0 Å². The Hall–Kier alpha value is -1.13. The molecule has 1 saturated heterocycles. The maximum absolute atomic E-state index is 6.17. The van der Waals surface area contributed by atoms with Gasteiger partial charge in [0.1, 0.15) is 11.5 Å². The Labute approximate surface area is 126 Å². The minimum atomic E-state index is 0.594. The highest BCUT2D eigenvalue weighted by atomic mass is 35.5. The fraction of sp³-hybridized carbons (Fsp3) is 0.600. The van der Waals surface area contributed by atoms with E-state index in [2.05, 4.69) is 17.3 Å². The highest BCUT2D eigenvalue weighted by molar-refractivity contribution is 6.32. The Kier molecular flexibility index (Phi) is 5.38. The topological polar surface area (TPSA) is 33.7 Å². The summed E-state index contributed by atoms with van der Waals surface area (Å²) in [6.07, 6.45) is 2.53. The second kappa shape index (κ2) is 7.04. The van der Waals surface area contributed by atoms with Crippen molar-refractivity contribution < 1.29 is 9.47 Å². The number of rotatable bonds is 5. The van der Waals surface area contributed by atoms with Gasteiger partial charge in [-0.1, -0.05) is 11.6 Å². The summed E-state index contributed by atoms with van der Waals surface area (Å²) in [5, 5.41) is 4.05. The lowest BCUT2D eigenvalue weighted by molar-refractivity contribution is 0.217. The summed E-state index contributed by atoms with van der Waals surface area (Å²) >= 11 is 6.17. The molecule has 1 N–H and O–H groups in total. The summed E-state index contributed by atoms with van der Waals surface area (Å²) in [7, 11) is 5.44. The Balaban J connectivity index is 2.03. The van der Waals surface area contributed by atoms with Crippen LogP contribution in [0, 0.1) is 5.92 Å². The second-order valence-corrected chi connectivity index (χ2v) is 5.75. The van der Waals surface area contributed by atoms with Crippen molar-refractivity contribution in [2.75, 3.05) is 46.2 Å². The van der Waals surface area contributed by atoms with Crippen molar-refractivity contribution in [1.29, 1.82) is 0 Å². The van der Waals surface area contributed by atoms with Crippen molar-refractivity contribution in [2.24, 2.45) is 5.92 Å². The van der Waals surface area contributed by atoms with Crippen LogP contribution in [0.15, 0.2) is 12.1 Å². The molecule has 112 valence electrons. The molecule has 0 radical (unpaired) electrons. The molecular formula is C15H23ClN2O2. The first-order chi connectivity index (χ1) is 9.63. The van der Waals surface area contributed by atoms with Crippen LogP contribution in [0.25, 0.3) is 0 Å². The average molecular weight is 299 g/mol. The van der Waals surface area contributed by atoms with E-state index in [1.54, 1.807) is 14.2 Å². The van der Waals surface area contributed by atoms with Crippen LogP contribution in [-0.4, -0.2) is 45.8 Å². The van der Waals surface area contributed by atoms with Crippen molar-refractivity contribution in [1.82, 2.24) is 4.90 Å². The second-order valence-electron chi connectivity index (χ2n) is 5.34. The zero-order chi connectivity index (χ0) is 14.5. The van der Waals surface area contributed by atoms with E-state index in [9.17, 15) is 0 Å². The smallest absolute Gasteiger partial charge is 0.145 e. The van der Waals surface area contributed by atoms with Gasteiger partial charge < -0.3 is 19.7 Å². The fourth-order valence-electron chi connectivity index (χ4n) is 2.69. The number of hydrogen-bond acceptors (Lipinski definition) is 4. The van der Waals surface area contributed by atoms with Crippen LogP contribution in [0.5, 0.6) is 11.5 Å². The monoisotopic (exact) mass is 298 g/mol. The van der Waals surface area contributed by atoms with Crippen LogP contribution >= 0.6 is 11.6 Å². The molecule has 4 nitrogen and oxygen atoms in total. The summed E-state index contributed by atoms with van der Waals surface area (Å²) in [6, 6.07) is 3.68. The quantitative estimate of drug-likeness (QED) is 0.905. The van der Waals surface area contributed by atoms with E-state index in [1.165, 1.54) is 19.4 Å². The van der Waals surface area contributed by atoms with E-state index < -0.39 is 0 Å². The van der Waals surface area contributed by atoms with Crippen molar-refractivity contribution in [3.8, 4) is 11.5 Å². The number of hydrogen-bond donors (Lipinski definition) is 1. The van der Waals surface area contributed by atoms with E-state index in [0.717, 1.165) is 24.5 Å². The first-order valence-corrected chi connectivity index (χ1v) is 7.35. The fourth-order valence-corrected chi connectivity index (χ4v) is 2.93. The molecule has 0 saturated carbocycles. The SMILES string of the molecule is COc1cc(OC)c(NCC2CCCN(C)C2)cc1Cl. The molecule has 1 heterocycles. The van der Waals surface area contributed by atoms with Gasteiger partial charge in [0.05, 0.1) is 24.9 Å². The third-order valence-electron chi connectivity index (χ3n) is 3.78. The number of anilines is 1. The number of ether oxygens (including phenoxy) is 2. The van der Waals surface area contributed by atoms with Crippen LogP contribution in [0.2, 0.25) is 5.02 Å². The van der Waals surface area contributed by atoms with Gasteiger partial charge in [-0.3, -0.25) is 0 Å². The average Bonchev–Trinajstić information content (AvgIpc) is 2.45. The summed E-state index contributed by atoms with van der Waals surface area (Å²) in [5.74, 6) is 2.06. The largest absolute Gasteiger partial charge is 0.495 e. The summed E-state index contributed by atoms with van der Waals surface area (Å²) in [5.41, 5.74) is 0.923. The standard InChI is InChI=1S/C15H23ClN2O2/c1-18-6-4-5-11(10-18)9-17-13-7-12(16)14(19-2)8-15(13)20-3/h7-8,11,17H,4-6,9-10H2,1-3H3. The number of nitrogens with one attached hydrogen (secondary N) is 1. The molecule has 1 unspecified atom stereocenters. The van der Waals surface area contributed by atoms with Crippen LogP contribution in [0.4, 0.5) is 5.69 Å². The van der Waals surface area contributed by atoms with E-state index >= 15 is 0 Å². The first-order valence-electron chi connectivity index (χ1n) is 6.98. The molecule has 1 aromatic carbocycles. The Morgan fingerprint density at radius 2 is 2.05 bits per heavy atom. The first kappa shape index (κ1) is 15.3. The molecule has 1 aliphatic rings. The number of methoxy groups -OCH3 is 2. The van der Waals surface area contributed by atoms with E-state index in [0.29, 0.717) is 16.7 Å². The highest BCUT2D eigenvalue weighted by Crippen LogP contribution is 2.36. The van der Waals surface area contributed by atoms with Gasteiger partial charge in [-0.2, -0.15) is 0 Å². The molecule has 1 aliphatic heterocycles. The Morgan fingerprint density at radius 3 is 2.70 bits per heavy atom. The van der Waals surface area contributed by atoms with Gasteiger partial charge in [0.2, 0.25) is 0 Å². The van der Waals surface area contributed by atoms with Gasteiger partial charge in [-0.05, 0) is 38.4 Å². The molecular weight excluding hydrogens is 276 g/mol. The van der Waals surface area contributed by atoms with Gasteiger partial charge in [0, 0.05) is 19.2 Å². The molecule has 2 rings (SSSR count). The van der Waals surface area contributed by atoms with Crippen LogP contribution in [0.1, 0.15) is 12.8 Å². The molecule has 1 aromatic rings. The van der Waals surface area contributed by atoms with E-state index in [-0.39, 0.29) is 0 Å². The maximum atomic E-state index is 6.17. The van der Waals surface area contributed by atoms with Crippen LogP contribution in [-0.2, 0) is 0 Å². The number of halogens is 1. The zero-order valence-corrected chi connectivity index (χ0v) is 13.2. The molecule has 0 spiro atoms. The van der Waals surface area contributed by atoms with E-state index in [1.807, 2.05) is 12.1 Å². The molecule has 0 amide bonds. The van der Waals surface area contributed by atoms with Gasteiger partial charge in [-0.25, -0.2) is 0 Å². The highest BCUT2D eigenvalue weighted by Gasteiger charge is 2.18. The zero-order valence-electron chi connectivity index (χ0n) is 12.4. The van der Waals surface area contributed by atoms with E-state index in [4.69, 9.17) is 21.1 Å². The molecule has 1 fully saturated rings. The minimum Gasteiger partial charge on any atom is -0.495 e. The normalized spacial score (nSPS) is 19.7. The lowest BCUT2D eigenvalue weighted by Gasteiger charge is -2.30. The van der Waals surface area contributed by atoms with Crippen molar-refractivity contribution in [3.05, 3.63) is 17.2 Å². The van der Waals surface area contributed by atoms with Crippen molar-refractivity contribution >= 4 is 17.3 Å². The predicted octanol–water partition coefficient (Wildman–Crippen LogP) is 3.11. The summed E-state index contributed by atoms with van der Waals surface area (Å²) in [6.45, 7) is 3.27. The molecule has 1 atom stereocenters. The third-order valence-corrected chi connectivity index (χ3v) is 4.07. The summed E-state index contributed by atoms with van der Waals surface area (Å²) < 4.78 is 10.6. The van der Waals surface area contributed by atoms with Gasteiger partial charge in [-0.15, -0.1) is 0 Å². The maximum Gasteiger partial charge on any atom is 0.145 e. The molecule has 20 heavy (non-hydrogen) atoms. The number of nitrogens with zero attached hydrogens (tertiary/aromatic N) is 1. The minimum absolute atomic E-state index is 0.594. The molecule has 0 aliphatic carbocycles. The molecule has 0 bridgehead atoms. The molecule has 0 aromatic heterocycles. The van der Waals surface area contributed by atoms with Crippen LogP contribution < -0.4 is 14.8 Å². The Bertz CT molecular complexity index is 454. The van der Waals surface area contributed by atoms with Gasteiger partial charge in [0.15, 0.2) is 0 Å². The summed E-state index contributed by atoms with van der Waals surface area (Å²) in [4.78, 5) is 2.38.